The highest BCUT2D eigenvalue weighted by molar-refractivity contribution is 5.79. The van der Waals surface area contributed by atoms with Gasteiger partial charge in [0.2, 0.25) is 11.8 Å². The molecule has 1 atom stereocenters. The average molecular weight is 423 g/mol. The normalized spacial score (nSPS) is 16.4. The molecular formula is C25H34N4O2. The van der Waals surface area contributed by atoms with Crippen LogP contribution in [0.5, 0.6) is 0 Å². The Morgan fingerprint density at radius 2 is 1.81 bits per heavy atom. The quantitative estimate of drug-likeness (QED) is 0.741. The van der Waals surface area contributed by atoms with Crippen molar-refractivity contribution in [1.29, 1.82) is 0 Å². The van der Waals surface area contributed by atoms with Crippen molar-refractivity contribution in [2.45, 2.75) is 71.8 Å². The van der Waals surface area contributed by atoms with Gasteiger partial charge in [0.05, 0.1) is 6.42 Å². The van der Waals surface area contributed by atoms with Crippen LogP contribution in [0.2, 0.25) is 0 Å². The highest BCUT2D eigenvalue weighted by Crippen LogP contribution is 2.26. The number of likely N-dealkylation sites (tertiary alicyclic amines) is 1. The lowest BCUT2D eigenvalue weighted by molar-refractivity contribution is -0.132. The molecule has 1 aromatic carbocycles. The number of carbonyl (C=O) groups is 2. The fraction of sp³-hybridized carbons (Fsp3) is 0.520. The molecule has 1 N–H and O–H groups in total. The van der Waals surface area contributed by atoms with Gasteiger partial charge >= 0.3 is 0 Å². The maximum absolute atomic E-state index is 12.8. The summed E-state index contributed by atoms with van der Waals surface area (Å²) in [6.07, 6.45) is 3.53. The molecule has 0 spiro atoms. The molecule has 3 rings (SSSR count). The first-order valence-corrected chi connectivity index (χ1v) is 11.3. The Morgan fingerprint density at radius 3 is 2.45 bits per heavy atom. The van der Waals surface area contributed by atoms with E-state index in [4.69, 9.17) is 9.97 Å². The van der Waals surface area contributed by atoms with Crippen molar-refractivity contribution in [2.75, 3.05) is 13.1 Å². The summed E-state index contributed by atoms with van der Waals surface area (Å²) in [5.41, 5.74) is 3.80. The second-order valence-corrected chi connectivity index (χ2v) is 8.79. The fourth-order valence-electron chi connectivity index (χ4n) is 4.21. The van der Waals surface area contributed by atoms with E-state index in [1.165, 1.54) is 5.56 Å². The predicted molar refractivity (Wildman–Crippen MR) is 122 cm³/mol. The smallest absolute Gasteiger partial charge is 0.224 e. The predicted octanol–water partition coefficient (Wildman–Crippen LogP) is 3.50. The molecule has 0 bridgehead atoms. The van der Waals surface area contributed by atoms with Gasteiger partial charge in [-0.1, -0.05) is 30.3 Å². The summed E-state index contributed by atoms with van der Waals surface area (Å²) in [7, 11) is 0. The van der Waals surface area contributed by atoms with Gasteiger partial charge in [-0.05, 0) is 52.5 Å². The first-order valence-electron chi connectivity index (χ1n) is 11.3. The first-order chi connectivity index (χ1) is 14.8. The van der Waals surface area contributed by atoms with Crippen molar-refractivity contribution in [3.8, 4) is 0 Å². The molecule has 0 unspecified atom stereocenters. The van der Waals surface area contributed by atoms with E-state index < -0.39 is 0 Å². The minimum atomic E-state index is -0.00888. The summed E-state index contributed by atoms with van der Waals surface area (Å²) in [6, 6.07) is 10.3. The van der Waals surface area contributed by atoms with Gasteiger partial charge in [0, 0.05) is 48.4 Å². The van der Waals surface area contributed by atoms with Gasteiger partial charge in [0.25, 0.3) is 0 Å². The third-order valence-electron chi connectivity index (χ3n) is 5.83. The molecule has 31 heavy (non-hydrogen) atoms. The van der Waals surface area contributed by atoms with E-state index in [0.717, 1.165) is 48.6 Å². The molecule has 1 fully saturated rings. The van der Waals surface area contributed by atoms with E-state index in [1.54, 1.807) is 0 Å². The fourth-order valence-corrected chi connectivity index (χ4v) is 4.21. The number of carbonyl (C=O) groups excluding carboxylic acids is 2. The number of benzene rings is 1. The number of rotatable bonds is 7. The number of aromatic nitrogens is 2. The van der Waals surface area contributed by atoms with Crippen LogP contribution >= 0.6 is 0 Å². The van der Waals surface area contributed by atoms with Gasteiger partial charge in [-0.25, -0.2) is 9.97 Å². The maximum Gasteiger partial charge on any atom is 0.224 e. The molecule has 1 aromatic heterocycles. The van der Waals surface area contributed by atoms with Crippen LogP contribution in [0.3, 0.4) is 0 Å². The van der Waals surface area contributed by atoms with Crippen LogP contribution in [0.4, 0.5) is 0 Å². The Balaban J connectivity index is 1.64. The lowest BCUT2D eigenvalue weighted by Gasteiger charge is -2.32. The van der Waals surface area contributed by atoms with Crippen molar-refractivity contribution in [3.05, 3.63) is 58.7 Å². The van der Waals surface area contributed by atoms with Crippen LogP contribution in [0.25, 0.3) is 0 Å². The molecule has 6 nitrogen and oxygen atoms in total. The molecule has 166 valence electrons. The van der Waals surface area contributed by atoms with E-state index in [-0.39, 0.29) is 23.8 Å². The van der Waals surface area contributed by atoms with E-state index in [0.29, 0.717) is 19.4 Å². The SMILES string of the molecule is Cc1nc([C@H]2CCCN(C(=O)CCc3ccccc3)C2)nc(C)c1CC(=O)NC(C)C. The summed E-state index contributed by atoms with van der Waals surface area (Å²) >= 11 is 0. The molecule has 2 heterocycles. The number of nitrogens with zero attached hydrogens (tertiary/aromatic N) is 3. The number of aryl methyl sites for hydroxylation is 3. The van der Waals surface area contributed by atoms with Crippen molar-refractivity contribution in [1.82, 2.24) is 20.2 Å². The third kappa shape index (κ3) is 6.36. The van der Waals surface area contributed by atoms with E-state index in [2.05, 4.69) is 17.4 Å². The van der Waals surface area contributed by atoms with Crippen LogP contribution in [0.15, 0.2) is 30.3 Å². The zero-order chi connectivity index (χ0) is 22.4. The Kier molecular flexibility index (Phi) is 7.77. The largest absolute Gasteiger partial charge is 0.354 e. The summed E-state index contributed by atoms with van der Waals surface area (Å²) in [6.45, 7) is 9.26. The Morgan fingerprint density at radius 1 is 1.13 bits per heavy atom. The number of hydrogen-bond donors (Lipinski definition) is 1. The lowest BCUT2D eigenvalue weighted by atomic mass is 9.95. The summed E-state index contributed by atoms with van der Waals surface area (Å²) < 4.78 is 0. The monoisotopic (exact) mass is 422 g/mol. The van der Waals surface area contributed by atoms with Crippen LogP contribution in [-0.4, -0.2) is 45.8 Å². The summed E-state index contributed by atoms with van der Waals surface area (Å²) in [4.78, 5) is 36.4. The summed E-state index contributed by atoms with van der Waals surface area (Å²) in [5.74, 6) is 1.13. The number of piperidine rings is 1. The molecule has 2 aromatic rings. The zero-order valence-electron chi connectivity index (χ0n) is 19.1. The standard InChI is InChI=1S/C25H34N4O2/c1-17(2)26-23(30)15-22-18(3)27-25(28-19(22)4)21-11-8-14-29(16-21)24(31)13-12-20-9-6-5-7-10-20/h5-7,9-10,17,21H,8,11-16H2,1-4H3,(H,26,30)/t21-/m0/s1. The molecule has 1 aliphatic heterocycles. The van der Waals surface area contributed by atoms with Gasteiger partial charge in [-0.3, -0.25) is 9.59 Å². The zero-order valence-corrected chi connectivity index (χ0v) is 19.1. The Hall–Kier alpha value is -2.76. The highest BCUT2D eigenvalue weighted by Gasteiger charge is 2.27. The maximum atomic E-state index is 12.8. The van der Waals surface area contributed by atoms with E-state index in [1.807, 2.05) is 50.8 Å². The summed E-state index contributed by atoms with van der Waals surface area (Å²) in [5, 5.41) is 2.93. The molecule has 0 saturated carbocycles. The molecular weight excluding hydrogens is 388 g/mol. The van der Waals surface area contributed by atoms with Crippen LogP contribution in [0, 0.1) is 13.8 Å². The van der Waals surface area contributed by atoms with Gasteiger partial charge in [0.15, 0.2) is 0 Å². The van der Waals surface area contributed by atoms with Crippen molar-refractivity contribution < 1.29 is 9.59 Å². The van der Waals surface area contributed by atoms with Crippen molar-refractivity contribution >= 4 is 11.8 Å². The topological polar surface area (TPSA) is 75.2 Å². The van der Waals surface area contributed by atoms with E-state index in [9.17, 15) is 9.59 Å². The van der Waals surface area contributed by atoms with Crippen molar-refractivity contribution in [2.24, 2.45) is 0 Å². The van der Waals surface area contributed by atoms with Gasteiger partial charge in [0.1, 0.15) is 5.82 Å². The molecule has 1 aliphatic rings. The number of nitrogens with one attached hydrogen (secondary N) is 1. The van der Waals surface area contributed by atoms with Crippen LogP contribution in [-0.2, 0) is 22.4 Å². The molecule has 0 aliphatic carbocycles. The molecule has 0 radical (unpaired) electrons. The molecule has 6 heteroatoms. The molecule has 2 amide bonds. The minimum Gasteiger partial charge on any atom is -0.354 e. The van der Waals surface area contributed by atoms with Crippen LogP contribution < -0.4 is 5.32 Å². The van der Waals surface area contributed by atoms with Gasteiger partial charge < -0.3 is 10.2 Å². The Labute approximate surface area is 185 Å². The van der Waals surface area contributed by atoms with E-state index >= 15 is 0 Å². The third-order valence-corrected chi connectivity index (χ3v) is 5.83. The highest BCUT2D eigenvalue weighted by atomic mass is 16.2. The second kappa shape index (κ2) is 10.5. The number of hydrogen-bond acceptors (Lipinski definition) is 4. The first kappa shape index (κ1) is 22.9. The average Bonchev–Trinajstić information content (AvgIpc) is 2.74. The van der Waals surface area contributed by atoms with Gasteiger partial charge in [-0.2, -0.15) is 0 Å². The van der Waals surface area contributed by atoms with Gasteiger partial charge in [-0.15, -0.1) is 0 Å². The second-order valence-electron chi connectivity index (χ2n) is 8.79. The Bertz CT molecular complexity index is 888. The lowest BCUT2D eigenvalue weighted by Crippen LogP contribution is -2.39. The molecule has 1 saturated heterocycles. The van der Waals surface area contributed by atoms with Crippen LogP contribution in [0.1, 0.15) is 67.4 Å². The minimum absolute atomic E-state index is 0.00888. The van der Waals surface area contributed by atoms with Crippen molar-refractivity contribution in [3.63, 3.8) is 0 Å². The number of amides is 2.